The van der Waals surface area contributed by atoms with Gasteiger partial charge in [0.15, 0.2) is 5.54 Å². The monoisotopic (exact) mass is 377 g/mol. The summed E-state index contributed by atoms with van der Waals surface area (Å²) in [6.45, 7) is 6.29. The number of hydrogen-bond donors (Lipinski definition) is 1. The predicted octanol–water partition coefficient (Wildman–Crippen LogP) is 3.54. The molecule has 2 aromatic carbocycles. The number of carbonyl (C=O) groups is 2. The van der Waals surface area contributed by atoms with E-state index in [4.69, 9.17) is 0 Å². The van der Waals surface area contributed by atoms with Gasteiger partial charge in [-0.25, -0.2) is 9.69 Å². The summed E-state index contributed by atoms with van der Waals surface area (Å²) in [6, 6.07) is 15.2. The fourth-order valence-electron chi connectivity index (χ4n) is 4.23. The number of piperidine rings is 1. The number of urea groups is 1. The molecule has 2 heterocycles. The van der Waals surface area contributed by atoms with Crippen molar-refractivity contribution in [2.24, 2.45) is 0 Å². The second-order valence-electron chi connectivity index (χ2n) is 7.90. The Morgan fingerprint density at radius 2 is 1.61 bits per heavy atom. The molecule has 1 N–H and O–H groups in total. The maximum absolute atomic E-state index is 13.7. The minimum atomic E-state index is -1.17. The molecular weight excluding hydrogens is 350 g/mol. The van der Waals surface area contributed by atoms with Crippen LogP contribution in [0, 0.1) is 13.8 Å². The molecule has 0 bridgehead atoms. The van der Waals surface area contributed by atoms with E-state index in [0.29, 0.717) is 6.67 Å². The molecule has 0 aromatic heterocycles. The van der Waals surface area contributed by atoms with Crippen LogP contribution in [0.3, 0.4) is 0 Å². The van der Waals surface area contributed by atoms with Crippen molar-refractivity contribution >= 4 is 11.9 Å². The lowest BCUT2D eigenvalue weighted by molar-refractivity contribution is -0.131. The molecule has 28 heavy (non-hydrogen) atoms. The van der Waals surface area contributed by atoms with Crippen LogP contribution in [-0.2, 0) is 10.3 Å². The first-order valence-corrected chi connectivity index (χ1v) is 10.0. The van der Waals surface area contributed by atoms with Gasteiger partial charge in [-0.15, -0.1) is 0 Å². The van der Waals surface area contributed by atoms with Crippen LogP contribution >= 0.6 is 0 Å². The largest absolute Gasteiger partial charge is 0.326 e. The highest BCUT2D eigenvalue weighted by Crippen LogP contribution is 2.37. The summed E-state index contributed by atoms with van der Waals surface area (Å²) in [6.07, 6.45) is 3.45. The molecule has 4 rings (SSSR count). The minimum absolute atomic E-state index is 0.197. The molecule has 2 saturated heterocycles. The number of nitrogens with one attached hydrogen (secondary N) is 1. The van der Waals surface area contributed by atoms with Crippen LogP contribution < -0.4 is 5.32 Å². The zero-order valence-corrected chi connectivity index (χ0v) is 16.6. The summed E-state index contributed by atoms with van der Waals surface area (Å²) in [7, 11) is 0. The molecule has 146 valence electrons. The fraction of sp³-hybridized carbons (Fsp3) is 0.391. The molecule has 0 aliphatic carbocycles. The molecule has 3 amide bonds. The molecule has 0 unspecified atom stereocenters. The van der Waals surface area contributed by atoms with Gasteiger partial charge in [0.1, 0.15) is 0 Å². The first-order valence-electron chi connectivity index (χ1n) is 10.0. The summed E-state index contributed by atoms with van der Waals surface area (Å²) in [5, 5.41) is 3.05. The number of imide groups is 1. The first-order chi connectivity index (χ1) is 13.5. The molecule has 2 fully saturated rings. The van der Waals surface area contributed by atoms with Gasteiger partial charge in [0.25, 0.3) is 5.91 Å². The summed E-state index contributed by atoms with van der Waals surface area (Å²) in [4.78, 5) is 30.2. The third kappa shape index (κ3) is 3.10. The van der Waals surface area contributed by atoms with Crippen molar-refractivity contribution in [1.29, 1.82) is 0 Å². The number of likely N-dealkylation sites (tertiary alicyclic amines) is 1. The van der Waals surface area contributed by atoms with E-state index >= 15 is 0 Å². The van der Waals surface area contributed by atoms with Gasteiger partial charge in [-0.1, -0.05) is 55.0 Å². The number of aryl methyl sites for hydroxylation is 2. The Balaban J connectivity index is 1.77. The number of rotatable bonds is 4. The molecule has 2 aliphatic heterocycles. The highest BCUT2D eigenvalue weighted by Gasteiger charge is 2.54. The highest BCUT2D eigenvalue weighted by atomic mass is 16.2. The smallest absolute Gasteiger partial charge is 0.315 e. The van der Waals surface area contributed by atoms with E-state index in [1.165, 1.54) is 11.3 Å². The molecule has 2 aromatic rings. The van der Waals surface area contributed by atoms with Gasteiger partial charge in [-0.2, -0.15) is 0 Å². The van der Waals surface area contributed by atoms with E-state index in [0.717, 1.165) is 48.2 Å². The Hall–Kier alpha value is -2.66. The van der Waals surface area contributed by atoms with Gasteiger partial charge in [0.2, 0.25) is 0 Å². The summed E-state index contributed by atoms with van der Waals surface area (Å²) >= 11 is 0. The van der Waals surface area contributed by atoms with Crippen LogP contribution in [0.4, 0.5) is 4.79 Å². The van der Waals surface area contributed by atoms with Crippen LogP contribution in [0.15, 0.2) is 48.5 Å². The minimum Gasteiger partial charge on any atom is -0.315 e. The van der Waals surface area contributed by atoms with E-state index < -0.39 is 5.54 Å². The molecular formula is C23H27N3O2. The van der Waals surface area contributed by atoms with E-state index in [1.54, 1.807) is 0 Å². The third-order valence-corrected chi connectivity index (χ3v) is 6.04. The Labute approximate surface area is 166 Å². The summed E-state index contributed by atoms with van der Waals surface area (Å²) in [5.74, 6) is -0.197. The van der Waals surface area contributed by atoms with E-state index in [1.807, 2.05) is 62.4 Å². The number of benzene rings is 2. The molecule has 1 atom stereocenters. The first kappa shape index (κ1) is 18.7. The normalized spacial score (nSPS) is 23.1. The third-order valence-electron chi connectivity index (χ3n) is 6.04. The van der Waals surface area contributed by atoms with Crippen LogP contribution in [0.1, 0.15) is 41.5 Å². The van der Waals surface area contributed by atoms with Gasteiger partial charge in [0.05, 0.1) is 6.67 Å². The SMILES string of the molecule is Cc1ccc([C@]2(c3ccccc3)NC(=O)N(CN3CCCCC3)C2=O)cc1C. The molecule has 2 aliphatic rings. The zero-order valence-electron chi connectivity index (χ0n) is 16.6. The van der Waals surface area contributed by atoms with Crippen molar-refractivity contribution in [3.05, 3.63) is 70.8 Å². The Morgan fingerprint density at radius 3 is 2.29 bits per heavy atom. The zero-order chi connectivity index (χ0) is 19.7. The number of nitrogens with zero attached hydrogens (tertiary/aromatic N) is 2. The van der Waals surface area contributed by atoms with Gasteiger partial charge in [-0.05, 0) is 62.0 Å². The van der Waals surface area contributed by atoms with E-state index in [-0.39, 0.29) is 11.9 Å². The lowest BCUT2D eigenvalue weighted by Gasteiger charge is -2.31. The number of carbonyl (C=O) groups excluding carboxylic acids is 2. The number of hydrogen-bond acceptors (Lipinski definition) is 3. The quantitative estimate of drug-likeness (QED) is 0.829. The van der Waals surface area contributed by atoms with Gasteiger partial charge < -0.3 is 5.32 Å². The Kier molecular flexibility index (Phi) is 4.94. The second kappa shape index (κ2) is 7.40. The molecule has 0 radical (unpaired) electrons. The molecule has 5 nitrogen and oxygen atoms in total. The van der Waals surface area contributed by atoms with Crippen molar-refractivity contribution in [2.75, 3.05) is 19.8 Å². The van der Waals surface area contributed by atoms with Crippen LogP contribution in [-0.4, -0.2) is 41.5 Å². The maximum atomic E-state index is 13.7. The molecule has 5 heteroatoms. The van der Waals surface area contributed by atoms with Crippen molar-refractivity contribution < 1.29 is 9.59 Å². The molecule has 0 saturated carbocycles. The average Bonchev–Trinajstić information content (AvgIpc) is 2.97. The highest BCUT2D eigenvalue weighted by molar-refractivity contribution is 6.09. The lowest BCUT2D eigenvalue weighted by Crippen LogP contribution is -2.47. The standard InChI is InChI=1S/C23H27N3O2/c1-17-11-12-20(15-18(17)2)23(19-9-5-3-6-10-19)21(27)26(22(28)24-23)16-25-13-7-4-8-14-25/h3,5-6,9-12,15H,4,7-8,13-14,16H2,1-2H3,(H,24,28)/t23-/m0/s1. The van der Waals surface area contributed by atoms with Gasteiger partial charge >= 0.3 is 6.03 Å². The lowest BCUT2D eigenvalue weighted by atomic mass is 9.81. The topological polar surface area (TPSA) is 52.7 Å². The predicted molar refractivity (Wildman–Crippen MR) is 109 cm³/mol. The second-order valence-corrected chi connectivity index (χ2v) is 7.90. The van der Waals surface area contributed by atoms with Crippen molar-refractivity contribution in [1.82, 2.24) is 15.1 Å². The average molecular weight is 377 g/mol. The summed E-state index contributed by atoms with van der Waals surface area (Å²) < 4.78 is 0. The van der Waals surface area contributed by atoms with Crippen LogP contribution in [0.5, 0.6) is 0 Å². The Morgan fingerprint density at radius 1 is 0.893 bits per heavy atom. The number of amides is 3. The maximum Gasteiger partial charge on any atom is 0.326 e. The van der Waals surface area contributed by atoms with Crippen molar-refractivity contribution in [2.45, 2.75) is 38.6 Å². The van der Waals surface area contributed by atoms with E-state index in [9.17, 15) is 9.59 Å². The summed E-state index contributed by atoms with van der Waals surface area (Å²) in [5.41, 5.74) is 2.68. The van der Waals surface area contributed by atoms with E-state index in [2.05, 4.69) is 10.2 Å². The van der Waals surface area contributed by atoms with Gasteiger partial charge in [-0.3, -0.25) is 9.69 Å². The van der Waals surface area contributed by atoms with Crippen molar-refractivity contribution in [3.63, 3.8) is 0 Å². The van der Waals surface area contributed by atoms with Crippen molar-refractivity contribution in [3.8, 4) is 0 Å². The van der Waals surface area contributed by atoms with Crippen LogP contribution in [0.2, 0.25) is 0 Å². The fourth-order valence-corrected chi connectivity index (χ4v) is 4.23. The molecule has 0 spiro atoms. The Bertz CT molecular complexity index is 890. The van der Waals surface area contributed by atoms with Crippen LogP contribution in [0.25, 0.3) is 0 Å². The van der Waals surface area contributed by atoms with Gasteiger partial charge in [0, 0.05) is 0 Å².